The minimum Gasteiger partial charge on any atom is -0.354 e. The largest absolute Gasteiger partial charge is 0.354 e. The fourth-order valence-electron chi connectivity index (χ4n) is 4.45. The molecule has 2 amide bonds. The number of nitrogens with one attached hydrogen (secondary N) is 1. The number of benzene rings is 3. The summed E-state index contributed by atoms with van der Waals surface area (Å²) in [6.07, 6.45) is 1.37. The van der Waals surface area contributed by atoms with Gasteiger partial charge < -0.3 is 10.2 Å². The number of halogens is 1. The van der Waals surface area contributed by atoms with Gasteiger partial charge in [-0.05, 0) is 52.8 Å². The SMILES string of the molecule is CC(C)CNC(=O)[C@@H](Cc1ccccc1)N(Cc1cccc(Br)c1)C(=O)CN(c1ccc(C(C)C)cc1)S(C)(=O)=O. The number of hydrogen-bond acceptors (Lipinski definition) is 4. The van der Waals surface area contributed by atoms with Crippen LogP contribution < -0.4 is 9.62 Å². The smallest absolute Gasteiger partial charge is 0.244 e. The Morgan fingerprint density at radius 1 is 0.878 bits per heavy atom. The van der Waals surface area contributed by atoms with Crippen LogP contribution in [0.4, 0.5) is 5.69 Å². The first kappa shape index (κ1) is 32.3. The van der Waals surface area contributed by atoms with Crippen LogP contribution in [0.5, 0.6) is 0 Å². The lowest BCUT2D eigenvalue weighted by atomic mass is 10.0. The molecule has 3 rings (SSSR count). The predicted molar refractivity (Wildman–Crippen MR) is 169 cm³/mol. The average molecular weight is 643 g/mol. The van der Waals surface area contributed by atoms with Gasteiger partial charge in [-0.2, -0.15) is 0 Å². The van der Waals surface area contributed by atoms with Crippen LogP contribution in [0.2, 0.25) is 0 Å². The summed E-state index contributed by atoms with van der Waals surface area (Å²) in [5.41, 5.74) is 3.18. The molecule has 0 aromatic heterocycles. The van der Waals surface area contributed by atoms with Gasteiger partial charge >= 0.3 is 0 Å². The van der Waals surface area contributed by atoms with E-state index in [4.69, 9.17) is 0 Å². The number of hydrogen-bond donors (Lipinski definition) is 1. The fraction of sp³-hybridized carbons (Fsp3) is 0.375. The molecule has 0 saturated carbocycles. The highest BCUT2D eigenvalue weighted by Gasteiger charge is 2.33. The first-order valence-corrected chi connectivity index (χ1v) is 16.4. The van der Waals surface area contributed by atoms with Crippen molar-refractivity contribution in [2.24, 2.45) is 5.92 Å². The number of anilines is 1. The molecule has 0 unspecified atom stereocenters. The fourth-order valence-corrected chi connectivity index (χ4v) is 5.74. The maximum Gasteiger partial charge on any atom is 0.244 e. The van der Waals surface area contributed by atoms with Crippen molar-refractivity contribution in [2.75, 3.05) is 23.7 Å². The van der Waals surface area contributed by atoms with Crippen LogP contribution in [0.25, 0.3) is 0 Å². The lowest BCUT2D eigenvalue weighted by Gasteiger charge is -2.33. The Morgan fingerprint density at radius 2 is 1.51 bits per heavy atom. The van der Waals surface area contributed by atoms with Crippen molar-refractivity contribution in [3.8, 4) is 0 Å². The van der Waals surface area contributed by atoms with E-state index in [1.54, 1.807) is 12.1 Å². The Bertz CT molecular complexity index is 1410. The van der Waals surface area contributed by atoms with E-state index in [1.807, 2.05) is 80.6 Å². The monoisotopic (exact) mass is 641 g/mol. The molecule has 1 atom stereocenters. The molecule has 7 nitrogen and oxygen atoms in total. The van der Waals surface area contributed by atoms with Gasteiger partial charge in [0.05, 0.1) is 11.9 Å². The lowest BCUT2D eigenvalue weighted by molar-refractivity contribution is -0.140. The standard InChI is InChI=1S/C32H40BrN3O4S/c1-23(2)20-34-32(38)30(19-25-10-7-6-8-11-25)35(21-26-12-9-13-28(33)18-26)31(37)22-36(41(5,39)40)29-16-14-27(15-17-29)24(3)4/h6-18,23-24,30H,19-22H2,1-5H3,(H,34,38)/t30-/m1/s1. The summed E-state index contributed by atoms with van der Waals surface area (Å²) in [6.45, 7) is 8.29. The number of amides is 2. The van der Waals surface area contributed by atoms with Gasteiger partial charge in [0.2, 0.25) is 21.8 Å². The number of nitrogens with zero attached hydrogens (tertiary/aromatic N) is 2. The second-order valence-corrected chi connectivity index (χ2v) is 13.8. The van der Waals surface area contributed by atoms with Crippen molar-refractivity contribution in [1.82, 2.24) is 10.2 Å². The van der Waals surface area contributed by atoms with Gasteiger partial charge in [-0.3, -0.25) is 13.9 Å². The van der Waals surface area contributed by atoms with E-state index in [-0.39, 0.29) is 30.7 Å². The minimum atomic E-state index is -3.81. The van der Waals surface area contributed by atoms with Crippen LogP contribution in [0, 0.1) is 5.92 Å². The minimum absolute atomic E-state index is 0.134. The molecule has 0 spiro atoms. The van der Waals surface area contributed by atoms with Crippen LogP contribution in [-0.4, -0.2) is 50.5 Å². The Labute approximate surface area is 253 Å². The van der Waals surface area contributed by atoms with Crippen LogP contribution in [0.1, 0.15) is 50.3 Å². The van der Waals surface area contributed by atoms with E-state index in [1.165, 1.54) is 4.90 Å². The zero-order valence-corrected chi connectivity index (χ0v) is 26.8. The van der Waals surface area contributed by atoms with Crippen molar-refractivity contribution < 1.29 is 18.0 Å². The predicted octanol–water partition coefficient (Wildman–Crippen LogP) is 5.75. The van der Waals surface area contributed by atoms with E-state index in [2.05, 4.69) is 35.1 Å². The number of rotatable bonds is 13. The molecule has 3 aromatic rings. The quantitative estimate of drug-likeness (QED) is 0.257. The first-order chi connectivity index (χ1) is 19.3. The number of carbonyl (C=O) groups is 2. The Balaban J connectivity index is 2.04. The Kier molecular flexibility index (Phi) is 11.5. The highest BCUT2D eigenvalue weighted by molar-refractivity contribution is 9.10. The van der Waals surface area contributed by atoms with Gasteiger partial charge in [0, 0.05) is 24.0 Å². The third-order valence-corrected chi connectivity index (χ3v) is 8.36. The summed E-state index contributed by atoms with van der Waals surface area (Å²) >= 11 is 3.49. The molecular weight excluding hydrogens is 602 g/mol. The number of carbonyl (C=O) groups excluding carboxylic acids is 2. The topological polar surface area (TPSA) is 86.8 Å². The maximum atomic E-state index is 14.1. The van der Waals surface area contributed by atoms with Crippen LogP contribution in [0.3, 0.4) is 0 Å². The summed E-state index contributed by atoms with van der Waals surface area (Å²) < 4.78 is 27.9. The number of sulfonamides is 1. The first-order valence-electron chi connectivity index (χ1n) is 13.8. The van der Waals surface area contributed by atoms with Gasteiger partial charge in [0.25, 0.3) is 0 Å². The normalized spacial score (nSPS) is 12.3. The van der Waals surface area contributed by atoms with Gasteiger partial charge in [-0.1, -0.05) is 98.2 Å². The van der Waals surface area contributed by atoms with E-state index >= 15 is 0 Å². The molecule has 0 radical (unpaired) electrons. The second-order valence-electron chi connectivity index (χ2n) is 11.0. The summed E-state index contributed by atoms with van der Waals surface area (Å²) in [4.78, 5) is 29.3. The van der Waals surface area contributed by atoms with Gasteiger partial charge in [0.15, 0.2) is 0 Å². The molecule has 0 heterocycles. The zero-order valence-electron chi connectivity index (χ0n) is 24.4. The van der Waals surface area contributed by atoms with E-state index in [9.17, 15) is 18.0 Å². The summed E-state index contributed by atoms with van der Waals surface area (Å²) in [5, 5.41) is 2.99. The molecular formula is C32H40BrN3O4S. The highest BCUT2D eigenvalue weighted by Crippen LogP contribution is 2.24. The summed E-state index contributed by atoms with van der Waals surface area (Å²) in [5.74, 6) is -0.247. The third-order valence-electron chi connectivity index (χ3n) is 6.72. The molecule has 9 heteroatoms. The van der Waals surface area contributed by atoms with Crippen molar-refractivity contribution >= 4 is 43.5 Å². The molecule has 3 aromatic carbocycles. The van der Waals surface area contributed by atoms with Crippen molar-refractivity contribution in [3.63, 3.8) is 0 Å². The zero-order chi connectivity index (χ0) is 30.2. The molecule has 0 aliphatic heterocycles. The van der Waals surface area contributed by atoms with Gasteiger partial charge in [-0.15, -0.1) is 0 Å². The van der Waals surface area contributed by atoms with Crippen molar-refractivity contribution in [2.45, 2.75) is 52.6 Å². The lowest BCUT2D eigenvalue weighted by Crippen LogP contribution is -2.53. The van der Waals surface area contributed by atoms with Crippen molar-refractivity contribution in [3.05, 3.63) is 100 Å². The third kappa shape index (κ3) is 9.71. The maximum absolute atomic E-state index is 14.1. The van der Waals surface area contributed by atoms with Gasteiger partial charge in [0.1, 0.15) is 12.6 Å². The van der Waals surface area contributed by atoms with E-state index < -0.39 is 28.5 Å². The highest BCUT2D eigenvalue weighted by atomic mass is 79.9. The summed E-state index contributed by atoms with van der Waals surface area (Å²) in [6, 6.07) is 23.4. The molecule has 0 aliphatic carbocycles. The molecule has 220 valence electrons. The molecule has 0 saturated heterocycles. The second kappa shape index (κ2) is 14.6. The molecule has 0 bridgehead atoms. The van der Waals surface area contributed by atoms with E-state index in [0.29, 0.717) is 12.2 Å². The van der Waals surface area contributed by atoms with Crippen molar-refractivity contribution in [1.29, 1.82) is 0 Å². The molecule has 1 N–H and O–H groups in total. The van der Waals surface area contributed by atoms with Crippen LogP contribution >= 0.6 is 15.9 Å². The van der Waals surface area contributed by atoms with Crippen LogP contribution in [-0.2, 0) is 32.6 Å². The Morgan fingerprint density at radius 3 is 2.07 bits per heavy atom. The molecule has 41 heavy (non-hydrogen) atoms. The van der Waals surface area contributed by atoms with E-state index in [0.717, 1.165) is 31.7 Å². The van der Waals surface area contributed by atoms with Crippen LogP contribution in [0.15, 0.2) is 83.3 Å². The van der Waals surface area contributed by atoms with Gasteiger partial charge in [-0.25, -0.2) is 8.42 Å². The Hall–Kier alpha value is -3.17. The summed E-state index contributed by atoms with van der Waals surface area (Å²) in [7, 11) is -3.81. The molecule has 0 fully saturated rings. The molecule has 0 aliphatic rings. The average Bonchev–Trinajstić information content (AvgIpc) is 2.92.